The largest absolute Gasteiger partial charge is 0.377 e. The Bertz CT molecular complexity index is 711. The Hall–Kier alpha value is -0.600. The minimum Gasteiger partial charge on any atom is -0.377 e. The first-order valence-electron chi connectivity index (χ1n) is 9.12. The molecule has 0 bridgehead atoms. The molecular formula is C21H25IO2. The van der Waals surface area contributed by atoms with E-state index in [1.165, 1.54) is 5.57 Å². The van der Waals surface area contributed by atoms with Crippen LogP contribution in [0.25, 0.3) is 0 Å². The molecule has 128 valence electrons. The smallest absolute Gasteiger partial charge is 0.156 e. The summed E-state index contributed by atoms with van der Waals surface area (Å²) in [5.74, 6) is 5.00. The monoisotopic (exact) mass is 436 g/mol. The van der Waals surface area contributed by atoms with Crippen molar-refractivity contribution < 1.29 is 9.90 Å². The molecule has 2 saturated carbocycles. The Morgan fingerprint density at radius 2 is 1.96 bits per heavy atom. The highest BCUT2D eigenvalue weighted by molar-refractivity contribution is 14.1. The highest BCUT2D eigenvalue weighted by atomic mass is 127. The normalized spacial score (nSPS) is 49.4. The van der Waals surface area contributed by atoms with Gasteiger partial charge in [-0.15, -0.1) is 0 Å². The van der Waals surface area contributed by atoms with Gasteiger partial charge in [0.05, 0.1) is 0 Å². The first-order chi connectivity index (χ1) is 11.3. The van der Waals surface area contributed by atoms with Crippen LogP contribution in [0.1, 0.15) is 52.4 Å². The predicted molar refractivity (Wildman–Crippen MR) is 103 cm³/mol. The molecule has 4 aliphatic rings. The summed E-state index contributed by atoms with van der Waals surface area (Å²) in [7, 11) is 0. The van der Waals surface area contributed by atoms with Gasteiger partial charge in [0.25, 0.3) is 0 Å². The molecule has 4 aliphatic carbocycles. The van der Waals surface area contributed by atoms with Gasteiger partial charge in [-0.2, -0.15) is 0 Å². The highest BCUT2D eigenvalue weighted by Crippen LogP contribution is 2.66. The third kappa shape index (κ3) is 2.08. The predicted octanol–water partition coefficient (Wildman–Crippen LogP) is 4.42. The molecule has 0 radical (unpaired) electrons. The van der Waals surface area contributed by atoms with E-state index in [0.717, 1.165) is 32.1 Å². The number of fused-ring (bicyclic) bond motifs is 5. The minimum atomic E-state index is -0.836. The summed E-state index contributed by atoms with van der Waals surface area (Å²) in [6.07, 6.45) is 12.1. The Morgan fingerprint density at radius 3 is 2.71 bits per heavy atom. The van der Waals surface area contributed by atoms with Gasteiger partial charge in [0.1, 0.15) is 5.60 Å². The summed E-state index contributed by atoms with van der Waals surface area (Å²) in [4.78, 5) is 11.9. The summed E-state index contributed by atoms with van der Waals surface area (Å²) in [6, 6.07) is 0. The molecule has 2 nitrogen and oxygen atoms in total. The second-order valence-corrected chi connectivity index (χ2v) is 9.25. The molecule has 1 N–H and O–H groups in total. The first kappa shape index (κ1) is 16.8. The maximum absolute atomic E-state index is 11.9. The van der Waals surface area contributed by atoms with E-state index in [0.29, 0.717) is 24.2 Å². The van der Waals surface area contributed by atoms with Crippen LogP contribution in [0.15, 0.2) is 23.8 Å². The van der Waals surface area contributed by atoms with E-state index in [1.807, 2.05) is 28.7 Å². The summed E-state index contributed by atoms with van der Waals surface area (Å²) < 4.78 is 2.94. The fraction of sp³-hybridized carbons (Fsp3) is 0.667. The van der Waals surface area contributed by atoms with Gasteiger partial charge in [-0.05, 0) is 70.8 Å². The molecule has 0 saturated heterocycles. The van der Waals surface area contributed by atoms with Crippen molar-refractivity contribution in [3.05, 3.63) is 23.8 Å². The molecular weight excluding hydrogens is 411 g/mol. The second-order valence-electron chi connectivity index (χ2n) is 8.71. The van der Waals surface area contributed by atoms with E-state index in [4.69, 9.17) is 0 Å². The Balaban J connectivity index is 1.75. The lowest BCUT2D eigenvalue weighted by Gasteiger charge is -2.56. The van der Waals surface area contributed by atoms with Gasteiger partial charge in [-0.25, -0.2) is 0 Å². The van der Waals surface area contributed by atoms with Crippen molar-refractivity contribution in [1.29, 1.82) is 0 Å². The molecule has 0 aliphatic heterocycles. The Labute approximate surface area is 158 Å². The number of aliphatic hydroxyl groups is 1. The average molecular weight is 436 g/mol. The SMILES string of the molecule is C[C@]12CCC(=O)C=C1C=C[C@@H]1[C@@H]2CC[C@@]2(C)[C@H]1CC[C@@]2(O)C#CI. The first-order valence-corrected chi connectivity index (χ1v) is 10.2. The number of carbonyl (C=O) groups excluding carboxylic acids is 1. The average Bonchev–Trinajstić information content (AvgIpc) is 2.80. The van der Waals surface area contributed by atoms with Gasteiger partial charge >= 0.3 is 0 Å². The number of hydrogen-bond acceptors (Lipinski definition) is 2. The van der Waals surface area contributed by atoms with Crippen LogP contribution in [0.4, 0.5) is 0 Å². The molecule has 0 aromatic rings. The molecule has 0 spiro atoms. The van der Waals surface area contributed by atoms with Gasteiger partial charge in [0.15, 0.2) is 5.78 Å². The fourth-order valence-electron chi connectivity index (χ4n) is 6.30. The molecule has 0 unspecified atom stereocenters. The molecule has 24 heavy (non-hydrogen) atoms. The number of allylic oxidation sites excluding steroid dienone is 4. The highest BCUT2D eigenvalue weighted by Gasteiger charge is 2.63. The number of rotatable bonds is 0. The Kier molecular flexibility index (Phi) is 3.82. The van der Waals surface area contributed by atoms with Crippen LogP contribution >= 0.6 is 22.6 Å². The maximum atomic E-state index is 11.9. The van der Waals surface area contributed by atoms with E-state index < -0.39 is 5.60 Å². The summed E-state index contributed by atoms with van der Waals surface area (Å²) in [6.45, 7) is 4.62. The van der Waals surface area contributed by atoms with Crippen molar-refractivity contribution in [3.63, 3.8) is 0 Å². The standard InChI is InChI=1S/C21H25IO2/c1-19-8-5-15(23)13-14(19)3-4-16-17(19)6-9-20(2)18(16)7-10-21(20,24)11-12-22/h3-4,13,16-18,24H,5-10H2,1-2H3/t16-,17+,18+,19+,20+,21-/m1/s1. The molecule has 0 amide bonds. The van der Waals surface area contributed by atoms with Crippen LogP contribution < -0.4 is 0 Å². The quantitative estimate of drug-likeness (QED) is 0.451. The molecule has 3 heteroatoms. The van der Waals surface area contributed by atoms with Crippen molar-refractivity contribution in [3.8, 4) is 9.85 Å². The van der Waals surface area contributed by atoms with Gasteiger partial charge in [-0.3, -0.25) is 4.79 Å². The number of hydrogen-bond donors (Lipinski definition) is 1. The van der Waals surface area contributed by atoms with Gasteiger partial charge < -0.3 is 5.11 Å². The summed E-state index contributed by atoms with van der Waals surface area (Å²) >= 11 is 2.05. The fourth-order valence-corrected chi connectivity index (χ4v) is 6.74. The van der Waals surface area contributed by atoms with E-state index in [1.54, 1.807) is 0 Å². The topological polar surface area (TPSA) is 37.3 Å². The van der Waals surface area contributed by atoms with E-state index in [-0.39, 0.29) is 16.6 Å². The van der Waals surface area contributed by atoms with Crippen LogP contribution in [0.5, 0.6) is 0 Å². The molecule has 0 aromatic heterocycles. The van der Waals surface area contributed by atoms with E-state index >= 15 is 0 Å². The van der Waals surface area contributed by atoms with Crippen LogP contribution in [0, 0.1) is 38.4 Å². The van der Waals surface area contributed by atoms with Crippen LogP contribution in [-0.2, 0) is 4.79 Å². The van der Waals surface area contributed by atoms with Crippen LogP contribution in [-0.4, -0.2) is 16.5 Å². The Morgan fingerprint density at radius 1 is 1.21 bits per heavy atom. The molecule has 0 heterocycles. The van der Waals surface area contributed by atoms with Crippen LogP contribution in [0.3, 0.4) is 0 Å². The molecule has 2 fully saturated rings. The zero-order valence-corrected chi connectivity index (χ0v) is 16.6. The van der Waals surface area contributed by atoms with Crippen molar-refractivity contribution >= 4 is 28.4 Å². The lowest BCUT2D eigenvalue weighted by atomic mass is 9.48. The number of ketones is 1. The number of halogens is 1. The zero-order chi connectivity index (χ0) is 17.2. The minimum absolute atomic E-state index is 0.112. The van der Waals surface area contributed by atoms with Crippen LogP contribution in [0.2, 0.25) is 0 Å². The summed E-state index contributed by atoms with van der Waals surface area (Å²) in [5, 5.41) is 11.2. The van der Waals surface area contributed by atoms with Gasteiger partial charge in [0.2, 0.25) is 0 Å². The third-order valence-corrected chi connectivity index (χ3v) is 8.19. The zero-order valence-electron chi connectivity index (χ0n) is 14.4. The van der Waals surface area contributed by atoms with Crippen molar-refractivity contribution in [2.45, 2.75) is 58.0 Å². The van der Waals surface area contributed by atoms with Gasteiger partial charge in [0, 0.05) is 34.4 Å². The lowest BCUT2D eigenvalue weighted by Crippen LogP contribution is -2.53. The number of carbonyl (C=O) groups is 1. The lowest BCUT2D eigenvalue weighted by molar-refractivity contribution is -0.117. The maximum Gasteiger partial charge on any atom is 0.156 e. The molecule has 4 rings (SSSR count). The second kappa shape index (κ2) is 5.45. The third-order valence-electron chi connectivity index (χ3n) is 7.92. The van der Waals surface area contributed by atoms with Gasteiger partial charge in [-0.1, -0.05) is 31.9 Å². The van der Waals surface area contributed by atoms with E-state index in [9.17, 15) is 9.90 Å². The van der Waals surface area contributed by atoms with Crippen molar-refractivity contribution in [1.82, 2.24) is 0 Å². The molecule has 0 aromatic carbocycles. The molecule has 6 atom stereocenters. The summed E-state index contributed by atoms with van der Waals surface area (Å²) in [5.41, 5.74) is 0.421. The van der Waals surface area contributed by atoms with E-state index in [2.05, 4.69) is 35.8 Å². The van der Waals surface area contributed by atoms with Crippen molar-refractivity contribution in [2.75, 3.05) is 0 Å². The van der Waals surface area contributed by atoms with Crippen molar-refractivity contribution in [2.24, 2.45) is 28.6 Å².